The molecule has 0 amide bonds. The number of para-hydroxylation sites is 1. The predicted octanol–water partition coefficient (Wildman–Crippen LogP) is 15.5. The molecule has 3 heterocycles. The number of amidine groups is 1. The first-order valence-electron chi connectivity index (χ1n) is 23.2. The van der Waals surface area contributed by atoms with Crippen LogP contribution < -0.4 is 14.5 Å². The van der Waals surface area contributed by atoms with Gasteiger partial charge in [-0.05, 0) is 141 Å². The van der Waals surface area contributed by atoms with Crippen LogP contribution in [0.2, 0.25) is 0 Å². The third kappa shape index (κ3) is 7.34. The van der Waals surface area contributed by atoms with E-state index in [9.17, 15) is 0 Å². The van der Waals surface area contributed by atoms with E-state index in [1.165, 1.54) is 50.2 Å². The lowest BCUT2D eigenvalue weighted by molar-refractivity contribution is 0.279. The molecule has 9 rings (SSSR count). The zero-order valence-corrected chi connectivity index (χ0v) is 40.6. The highest BCUT2D eigenvalue weighted by atomic mass is 16.5. The van der Waals surface area contributed by atoms with Crippen LogP contribution in [0.15, 0.2) is 151 Å². The summed E-state index contributed by atoms with van der Waals surface area (Å²) in [5.74, 6) is 3.38. The quantitative estimate of drug-likeness (QED) is 0.153. The molecule has 5 nitrogen and oxygen atoms in total. The van der Waals surface area contributed by atoms with Gasteiger partial charge in [0.1, 0.15) is 23.2 Å². The smallest absolute Gasteiger partial charge is 0.137 e. The van der Waals surface area contributed by atoms with Crippen molar-refractivity contribution in [3.8, 4) is 11.5 Å². The van der Waals surface area contributed by atoms with Crippen LogP contribution in [0.5, 0.6) is 11.5 Å². The van der Waals surface area contributed by atoms with Crippen molar-refractivity contribution < 1.29 is 4.74 Å². The Morgan fingerprint density at radius 1 is 0.585 bits per heavy atom. The SMILES string of the molecule is Cc1cc(C)c(N2C(c3cc(Oc4ccc5c(c4)N(c4cc(C(C)(C)C)ccn4)c4ccccc4C5(C)C)c(C)cc3C)=N[C@](C)(C(c3ccccc3)c3ccccc3)C2(C)C)c(C)c1. The van der Waals surface area contributed by atoms with Crippen molar-refractivity contribution in [3.63, 3.8) is 0 Å². The first kappa shape index (κ1) is 43.8. The van der Waals surface area contributed by atoms with Gasteiger partial charge in [0.05, 0.1) is 22.5 Å². The summed E-state index contributed by atoms with van der Waals surface area (Å²) in [4.78, 5) is 15.9. The number of hydrogen-bond donors (Lipinski definition) is 0. The summed E-state index contributed by atoms with van der Waals surface area (Å²) in [6.45, 7) is 29.6. The minimum Gasteiger partial charge on any atom is -0.457 e. The molecule has 7 aromatic rings. The maximum atomic E-state index is 7.12. The van der Waals surface area contributed by atoms with E-state index < -0.39 is 11.1 Å². The second kappa shape index (κ2) is 15.9. The van der Waals surface area contributed by atoms with Crippen molar-refractivity contribution in [2.45, 2.75) is 118 Å². The third-order valence-electron chi connectivity index (χ3n) is 14.6. The van der Waals surface area contributed by atoms with Gasteiger partial charge < -0.3 is 9.64 Å². The van der Waals surface area contributed by atoms with Crippen LogP contribution in [0.1, 0.15) is 123 Å². The van der Waals surface area contributed by atoms with Crippen molar-refractivity contribution in [2.24, 2.45) is 4.99 Å². The molecule has 1 aromatic heterocycles. The van der Waals surface area contributed by atoms with Gasteiger partial charge in [-0.1, -0.05) is 143 Å². The number of rotatable bonds is 8. The average Bonchev–Trinajstić information content (AvgIpc) is 3.46. The third-order valence-corrected chi connectivity index (χ3v) is 14.6. The first-order chi connectivity index (χ1) is 30.8. The van der Waals surface area contributed by atoms with Crippen LogP contribution in [-0.4, -0.2) is 21.9 Å². The fourth-order valence-electron chi connectivity index (χ4n) is 10.9. The zero-order valence-electron chi connectivity index (χ0n) is 40.6. The molecule has 0 bridgehead atoms. The van der Waals surface area contributed by atoms with Crippen LogP contribution in [0.25, 0.3) is 0 Å². The topological polar surface area (TPSA) is 41.0 Å². The molecule has 5 heteroatoms. The van der Waals surface area contributed by atoms with Crippen molar-refractivity contribution >= 4 is 28.7 Å². The summed E-state index contributed by atoms with van der Waals surface area (Å²) in [7, 11) is 0. The lowest BCUT2D eigenvalue weighted by Crippen LogP contribution is -2.57. The first-order valence-corrected chi connectivity index (χ1v) is 23.2. The highest BCUT2D eigenvalue weighted by Gasteiger charge is 2.58. The molecule has 0 aliphatic carbocycles. The molecular weight excluding hydrogens is 793 g/mol. The standard InChI is InChI=1S/C60H64N4O/c1-38-32-41(4)55(42(5)33-38)64-56(62-60(13,59(64,11)12)54(43-22-16-14-17-23-43)44-24-18-15-19-25-44)47-37-52(40(3)34-39(47)2)65-46-28-29-49-51(36-46)63(50-27-21-20-26-48(50)58(49,9)10)53-35-45(30-31-61-53)57(6,7)8/h14-37,54H,1-13H3/t60-/m1/s1. The van der Waals surface area contributed by atoms with Crippen molar-refractivity contribution in [2.75, 3.05) is 9.80 Å². The number of nitrogens with zero attached hydrogens (tertiary/aromatic N) is 4. The van der Waals surface area contributed by atoms with E-state index >= 15 is 0 Å². The summed E-state index contributed by atoms with van der Waals surface area (Å²) in [6, 6.07) is 50.7. The van der Waals surface area contributed by atoms with Crippen LogP contribution in [0.3, 0.4) is 0 Å². The molecular formula is C60H64N4O. The maximum absolute atomic E-state index is 7.12. The largest absolute Gasteiger partial charge is 0.457 e. The molecule has 1 atom stereocenters. The van der Waals surface area contributed by atoms with E-state index in [4.69, 9.17) is 14.7 Å². The zero-order chi connectivity index (χ0) is 46.2. The molecule has 0 unspecified atom stereocenters. The van der Waals surface area contributed by atoms with Crippen LogP contribution in [0, 0.1) is 34.6 Å². The van der Waals surface area contributed by atoms with Gasteiger partial charge in [-0.25, -0.2) is 4.98 Å². The van der Waals surface area contributed by atoms with Crippen LogP contribution in [0.4, 0.5) is 22.9 Å². The molecule has 6 aromatic carbocycles. The summed E-state index contributed by atoms with van der Waals surface area (Å²) < 4.78 is 7.12. The number of anilines is 4. The van der Waals surface area contributed by atoms with Crippen molar-refractivity contribution in [1.82, 2.24) is 4.98 Å². The Kier molecular flexibility index (Phi) is 10.7. The summed E-state index contributed by atoms with van der Waals surface area (Å²) >= 11 is 0. The van der Waals surface area contributed by atoms with Gasteiger partial charge in [0.2, 0.25) is 0 Å². The molecule has 0 radical (unpaired) electrons. The van der Waals surface area contributed by atoms with Gasteiger partial charge >= 0.3 is 0 Å². The normalized spacial score (nSPS) is 17.5. The van der Waals surface area contributed by atoms with E-state index in [1.807, 2.05) is 6.20 Å². The second-order valence-electron chi connectivity index (χ2n) is 20.8. The lowest BCUT2D eigenvalue weighted by Gasteiger charge is -2.48. The number of pyridine rings is 1. The maximum Gasteiger partial charge on any atom is 0.137 e. The Balaban J connectivity index is 1.21. The second-order valence-corrected chi connectivity index (χ2v) is 20.8. The molecule has 2 aliphatic heterocycles. The van der Waals surface area contributed by atoms with Crippen molar-refractivity contribution in [3.05, 3.63) is 207 Å². The van der Waals surface area contributed by atoms with E-state index in [-0.39, 0.29) is 16.7 Å². The molecule has 0 N–H and O–H groups in total. The number of aromatic nitrogens is 1. The molecule has 0 saturated carbocycles. The van der Waals surface area contributed by atoms with Crippen LogP contribution in [-0.2, 0) is 10.8 Å². The number of benzene rings is 6. The fraction of sp³-hybridized carbons (Fsp3) is 0.300. The van der Waals surface area contributed by atoms with Gasteiger partial charge in [0, 0.05) is 34.8 Å². The van der Waals surface area contributed by atoms with Gasteiger partial charge in [-0.2, -0.15) is 0 Å². The Morgan fingerprint density at radius 2 is 1.18 bits per heavy atom. The molecule has 0 saturated heterocycles. The molecule has 0 spiro atoms. The summed E-state index contributed by atoms with van der Waals surface area (Å²) in [5.41, 5.74) is 15.2. The molecule has 2 aliphatic rings. The predicted molar refractivity (Wildman–Crippen MR) is 273 cm³/mol. The number of aryl methyl sites for hydroxylation is 5. The highest BCUT2D eigenvalue weighted by molar-refractivity contribution is 6.15. The fourth-order valence-corrected chi connectivity index (χ4v) is 10.9. The average molecular weight is 857 g/mol. The van der Waals surface area contributed by atoms with E-state index in [2.05, 4.69) is 239 Å². The summed E-state index contributed by atoms with van der Waals surface area (Å²) in [6.07, 6.45) is 1.94. The molecule has 65 heavy (non-hydrogen) atoms. The van der Waals surface area contributed by atoms with E-state index in [0.29, 0.717) is 0 Å². The van der Waals surface area contributed by atoms with Crippen molar-refractivity contribution in [1.29, 1.82) is 0 Å². The number of fused-ring (bicyclic) bond motifs is 2. The number of hydrogen-bond acceptors (Lipinski definition) is 5. The van der Waals surface area contributed by atoms with Gasteiger partial charge in [0.15, 0.2) is 0 Å². The van der Waals surface area contributed by atoms with Crippen LogP contribution >= 0.6 is 0 Å². The monoisotopic (exact) mass is 857 g/mol. The Labute approximate surface area is 387 Å². The molecule has 0 fully saturated rings. The lowest BCUT2D eigenvalue weighted by atomic mass is 9.67. The number of ether oxygens (including phenoxy) is 1. The Hall–Kier alpha value is -6.46. The minimum atomic E-state index is -0.601. The molecule has 330 valence electrons. The van der Waals surface area contributed by atoms with Gasteiger partial charge in [-0.3, -0.25) is 9.89 Å². The van der Waals surface area contributed by atoms with Gasteiger partial charge in [-0.15, -0.1) is 0 Å². The minimum absolute atomic E-state index is 0.0289. The summed E-state index contributed by atoms with van der Waals surface area (Å²) in [5, 5.41) is 0. The Morgan fingerprint density at radius 3 is 1.82 bits per heavy atom. The highest BCUT2D eigenvalue weighted by Crippen LogP contribution is 2.55. The van der Waals surface area contributed by atoms with E-state index in [0.717, 1.165) is 51.2 Å². The number of aliphatic imine (C=N–C) groups is 1. The van der Waals surface area contributed by atoms with Gasteiger partial charge in [0.25, 0.3) is 0 Å². The van der Waals surface area contributed by atoms with E-state index in [1.54, 1.807) is 0 Å². The Bertz CT molecular complexity index is 2910.